The van der Waals surface area contributed by atoms with Crippen LogP contribution in [-0.4, -0.2) is 250 Å². The van der Waals surface area contributed by atoms with E-state index in [0.29, 0.717) is 103 Å². The number of likely N-dealkylation sites (N-methyl/N-ethyl adjacent to an activating group) is 4. The lowest BCUT2D eigenvalue weighted by molar-refractivity contribution is -0.152. The van der Waals surface area contributed by atoms with E-state index in [1.54, 1.807) is 28.4 Å². The number of methoxy groups -OCH3 is 4. The number of para-hydroxylation sites is 4. The van der Waals surface area contributed by atoms with Crippen molar-refractivity contribution in [3.05, 3.63) is 239 Å². The molecule has 0 saturated heterocycles. The van der Waals surface area contributed by atoms with E-state index in [0.717, 1.165) is 132 Å². The fourth-order valence-corrected chi connectivity index (χ4v) is 14.6. The van der Waals surface area contributed by atoms with Gasteiger partial charge < -0.3 is 96.9 Å². The molecule has 0 aliphatic heterocycles. The number of hydrogen-bond acceptors (Lipinski definition) is 24. The van der Waals surface area contributed by atoms with Crippen molar-refractivity contribution < 1.29 is 116 Å². The van der Waals surface area contributed by atoms with Gasteiger partial charge in [-0.15, -0.1) is 0 Å². The summed E-state index contributed by atoms with van der Waals surface area (Å²) in [6, 6.07) is 64.0. The highest BCUT2D eigenvalue weighted by Crippen LogP contribution is 2.28. The lowest BCUT2D eigenvalue weighted by atomic mass is 10.0. The minimum absolute atomic E-state index is 0.129. The van der Waals surface area contributed by atoms with E-state index >= 15 is 0 Å². The average molecular weight is 1900 g/mol. The van der Waals surface area contributed by atoms with Gasteiger partial charge in [-0.3, -0.25) is 38.4 Å². The van der Waals surface area contributed by atoms with Crippen LogP contribution in [0.4, 0.5) is 0 Å². The summed E-state index contributed by atoms with van der Waals surface area (Å²) in [5.41, 5.74) is 9.31. The number of carbonyl (C=O) groups excluding carboxylic acids is 4. The molecule has 0 spiro atoms. The fourth-order valence-electron chi connectivity index (χ4n) is 14.6. The van der Waals surface area contributed by atoms with E-state index in [2.05, 4.69) is 72.8 Å². The van der Waals surface area contributed by atoms with E-state index in [-0.39, 0.29) is 101 Å². The molecular weight excluding hydrogens is 1750 g/mol. The second kappa shape index (κ2) is 68.7. The van der Waals surface area contributed by atoms with Gasteiger partial charge in [0.25, 0.3) is 0 Å². The molecule has 4 N–H and O–H groups in total. The van der Waals surface area contributed by atoms with Crippen molar-refractivity contribution in [3.63, 3.8) is 0 Å². The molecule has 8 rings (SSSR count). The second-order valence-electron chi connectivity index (χ2n) is 34.7. The molecule has 28 nitrogen and oxygen atoms in total. The molecule has 8 aromatic rings. The number of nitrogens with zero attached hydrogens (tertiary/aromatic N) is 4. The Labute approximate surface area is 811 Å². The monoisotopic (exact) mass is 1900 g/mol. The molecule has 750 valence electrons. The molecule has 4 atom stereocenters. The van der Waals surface area contributed by atoms with Gasteiger partial charge in [0.15, 0.2) is 0 Å². The number of carboxylic acid groups (broad SMARTS) is 4. The molecule has 0 bridgehead atoms. The lowest BCUT2D eigenvalue weighted by Gasteiger charge is -2.22. The summed E-state index contributed by atoms with van der Waals surface area (Å²) in [5.74, 6) is 2.27. The van der Waals surface area contributed by atoms with E-state index in [4.69, 9.17) is 77.3 Å². The molecule has 28 heteroatoms. The van der Waals surface area contributed by atoms with Crippen molar-refractivity contribution in [1.29, 1.82) is 0 Å². The van der Waals surface area contributed by atoms with Crippen LogP contribution in [0.3, 0.4) is 0 Å². The minimum atomic E-state index is -0.810. The third-order valence-electron chi connectivity index (χ3n) is 21.8. The van der Waals surface area contributed by atoms with Crippen molar-refractivity contribution in [2.45, 2.75) is 211 Å². The number of unbranched alkanes of at least 4 members (excludes halogenated alkanes) is 9. The van der Waals surface area contributed by atoms with Gasteiger partial charge in [0.2, 0.25) is 0 Å². The van der Waals surface area contributed by atoms with Gasteiger partial charge in [0.05, 0.1) is 28.4 Å². The zero-order valence-corrected chi connectivity index (χ0v) is 82.7. The second-order valence-corrected chi connectivity index (χ2v) is 34.7. The Balaban J connectivity index is 0.000000323. The highest BCUT2D eigenvalue weighted by atomic mass is 16.6. The first kappa shape index (κ1) is 115. The number of carbonyl (C=O) groups is 8. The van der Waals surface area contributed by atoms with Gasteiger partial charge in [-0.05, 0) is 276 Å². The quantitative estimate of drug-likeness (QED) is 0.0156. The highest BCUT2D eigenvalue weighted by molar-refractivity contribution is 5.71. The number of hydrogen-bond donors (Lipinski definition) is 4. The van der Waals surface area contributed by atoms with Crippen molar-refractivity contribution >= 4 is 47.8 Å². The average Bonchev–Trinajstić information content (AvgIpc) is 0.878. The van der Waals surface area contributed by atoms with Crippen LogP contribution < -0.4 is 37.9 Å². The zero-order chi connectivity index (χ0) is 99.8. The third kappa shape index (κ3) is 53.7. The molecular formula is C109H150N4O24. The Morgan fingerprint density at radius 1 is 0.234 bits per heavy atom. The summed E-state index contributed by atoms with van der Waals surface area (Å²) in [5, 5.41) is 34.8. The number of ether oxygens (including phenoxy) is 12. The summed E-state index contributed by atoms with van der Waals surface area (Å²) < 4.78 is 68.0. The maximum atomic E-state index is 12.4. The first-order valence-electron chi connectivity index (χ1n) is 47.6. The first-order valence-corrected chi connectivity index (χ1v) is 47.6. The zero-order valence-electron chi connectivity index (χ0n) is 82.7. The maximum absolute atomic E-state index is 12.4. The van der Waals surface area contributed by atoms with E-state index < -0.39 is 42.2 Å². The summed E-state index contributed by atoms with van der Waals surface area (Å²) in [4.78, 5) is 99.4. The van der Waals surface area contributed by atoms with Gasteiger partial charge >= 0.3 is 47.8 Å². The first-order chi connectivity index (χ1) is 66.0. The van der Waals surface area contributed by atoms with Crippen LogP contribution >= 0.6 is 0 Å². The highest BCUT2D eigenvalue weighted by Gasteiger charge is 2.24. The molecule has 0 heterocycles. The maximum Gasteiger partial charge on any atom is 0.306 e. The molecule has 0 aromatic heterocycles. The molecule has 0 fully saturated rings. The molecule has 0 aliphatic carbocycles. The third-order valence-corrected chi connectivity index (χ3v) is 21.8. The molecule has 0 aliphatic rings. The molecule has 0 amide bonds. The molecule has 2 unspecified atom stereocenters. The largest absolute Gasteiger partial charge is 0.497 e. The number of benzene rings is 8. The SMILES string of the molecule is COc1ccc(CCc2ccccc2OCC(CN(C)C)OC(=O)CCCCCC(=O)O)cc1.COc1ccc(CCc2ccccc2OCC(CN(C)C)OC(=O)CCCCCCC(=O)O)cc1.COc1ccc(CCc2ccccc2OC[C@@H](CN(C)C)OC(=O)CCCCCC(=O)O)cc1.COc1ccc(CCc2ccccc2OC[C@H](CN(C)C)OC(=O)CCCCCC(=O)O)cc1. The van der Waals surface area contributed by atoms with Crippen LogP contribution in [-0.2, 0) is 109 Å². The minimum Gasteiger partial charge on any atom is -0.497 e. The topological polar surface area (TPSA) is 341 Å². The van der Waals surface area contributed by atoms with E-state index in [9.17, 15) is 38.4 Å². The van der Waals surface area contributed by atoms with Crippen LogP contribution in [0.1, 0.15) is 179 Å². The number of rotatable bonds is 65. The van der Waals surface area contributed by atoms with Crippen molar-refractivity contribution in [3.8, 4) is 46.0 Å². The standard InChI is InChI=1S/C28H39NO6.3C27H37NO6/c1-29(2)20-25(35-28(32)13-7-5-4-6-12-27(30)31)21-34-26-11-9-8-10-23(26)17-14-22-15-18-24(33-3)19-16-22;3*1-28(2)19-24(34-27(31)12-6-4-5-11-26(29)30)20-33-25-10-8-7-9-22(25)16-13-21-14-17-23(32-3)18-15-21/h8-11,15-16,18-19,25H,4-7,12-14,17,20-21H2,1-3H3,(H,30,31);3*7-10,14-15,17-18,24H,4-6,11-13,16,19-20H2,1-3H3,(H,29,30)/t;2*24-;/m.10./s1. The van der Waals surface area contributed by atoms with Gasteiger partial charge in [0, 0.05) is 77.5 Å². The van der Waals surface area contributed by atoms with Crippen LogP contribution in [0, 0.1) is 0 Å². The number of esters is 4. The smallest absolute Gasteiger partial charge is 0.306 e. The lowest BCUT2D eigenvalue weighted by Crippen LogP contribution is -2.35. The summed E-state index contributed by atoms with van der Waals surface area (Å²) >= 11 is 0. The van der Waals surface area contributed by atoms with Crippen molar-refractivity contribution in [2.24, 2.45) is 0 Å². The van der Waals surface area contributed by atoms with Crippen LogP contribution in [0.2, 0.25) is 0 Å². The van der Waals surface area contributed by atoms with Crippen LogP contribution in [0.25, 0.3) is 0 Å². The molecule has 137 heavy (non-hydrogen) atoms. The predicted octanol–water partition coefficient (Wildman–Crippen LogP) is 17.9. The van der Waals surface area contributed by atoms with Crippen molar-refractivity contribution in [1.82, 2.24) is 19.6 Å². The Morgan fingerprint density at radius 3 is 0.584 bits per heavy atom. The molecule has 8 aromatic carbocycles. The van der Waals surface area contributed by atoms with Gasteiger partial charge in [-0.25, -0.2) is 0 Å². The number of carboxylic acids is 4. The number of aliphatic carboxylic acids is 4. The van der Waals surface area contributed by atoms with Crippen LogP contribution in [0.5, 0.6) is 46.0 Å². The van der Waals surface area contributed by atoms with Crippen LogP contribution in [0.15, 0.2) is 194 Å². The molecule has 0 radical (unpaired) electrons. The predicted molar refractivity (Wildman–Crippen MR) is 531 cm³/mol. The Morgan fingerprint density at radius 2 is 0.409 bits per heavy atom. The summed E-state index contributed by atoms with van der Waals surface area (Å²) in [6.07, 6.45) is 15.6. The fraction of sp³-hybridized carbons (Fsp3) is 0.486. The molecule has 0 saturated carbocycles. The summed E-state index contributed by atoms with van der Waals surface area (Å²) in [6.45, 7) is 3.31. The Bertz CT molecular complexity index is 4370. The van der Waals surface area contributed by atoms with Gasteiger partial charge in [-0.1, -0.05) is 153 Å². The Kier molecular flexibility index (Phi) is 57.8. The van der Waals surface area contributed by atoms with E-state index in [1.807, 2.05) is 197 Å². The number of aryl methyl sites for hydroxylation is 8. The van der Waals surface area contributed by atoms with E-state index in [1.165, 1.54) is 22.3 Å². The van der Waals surface area contributed by atoms with Crippen molar-refractivity contribution in [2.75, 3.05) is 137 Å². The van der Waals surface area contributed by atoms with Gasteiger partial charge in [-0.2, -0.15) is 0 Å². The summed E-state index contributed by atoms with van der Waals surface area (Å²) in [7, 11) is 22.1. The van der Waals surface area contributed by atoms with Gasteiger partial charge in [0.1, 0.15) is 96.8 Å². The normalized spacial score (nSPS) is 11.8. The Hall–Kier alpha value is -12.2.